The van der Waals surface area contributed by atoms with Gasteiger partial charge in [-0.25, -0.2) is 4.79 Å². The molecule has 0 saturated carbocycles. The van der Waals surface area contributed by atoms with Crippen molar-refractivity contribution in [1.82, 2.24) is 0 Å². The number of rotatable bonds is 5. The van der Waals surface area contributed by atoms with Gasteiger partial charge in [-0.05, 0) is 12.1 Å². The molecule has 6 nitrogen and oxygen atoms in total. The Hall–Kier alpha value is -2.11. The van der Waals surface area contributed by atoms with Gasteiger partial charge in [0.05, 0.1) is 24.6 Å². The van der Waals surface area contributed by atoms with Gasteiger partial charge in [-0.1, -0.05) is 0 Å². The molecule has 6 N–H and O–H groups in total. The first-order chi connectivity index (χ1) is 7.59. The zero-order valence-electron chi connectivity index (χ0n) is 8.81. The van der Waals surface area contributed by atoms with E-state index < -0.39 is 6.09 Å². The third-order valence-electron chi connectivity index (χ3n) is 1.86. The molecule has 16 heavy (non-hydrogen) atoms. The number of carbonyl (C=O) groups excluding carboxylic acids is 1. The molecular weight excluding hydrogens is 210 g/mol. The van der Waals surface area contributed by atoms with Crippen molar-refractivity contribution in [2.45, 2.75) is 6.42 Å². The average molecular weight is 225 g/mol. The highest BCUT2D eigenvalue weighted by molar-refractivity contribution is 5.65. The SMILES string of the molecule is NC(=O)OCCCOc1ccc(N)c(N)c1. The maximum Gasteiger partial charge on any atom is 0.404 e. The summed E-state index contributed by atoms with van der Waals surface area (Å²) in [6.07, 6.45) is -0.218. The summed E-state index contributed by atoms with van der Waals surface area (Å²) >= 11 is 0. The number of hydrogen-bond acceptors (Lipinski definition) is 5. The Morgan fingerprint density at radius 2 is 1.94 bits per heavy atom. The molecule has 1 rings (SSSR count). The number of nitrogens with two attached hydrogens (primary N) is 3. The lowest BCUT2D eigenvalue weighted by Gasteiger charge is -2.07. The lowest BCUT2D eigenvalue weighted by atomic mass is 10.2. The van der Waals surface area contributed by atoms with Crippen LogP contribution in [-0.2, 0) is 4.74 Å². The number of benzene rings is 1. The molecule has 1 amide bonds. The quantitative estimate of drug-likeness (QED) is 0.504. The van der Waals surface area contributed by atoms with Crippen molar-refractivity contribution < 1.29 is 14.3 Å². The molecule has 0 aromatic heterocycles. The summed E-state index contributed by atoms with van der Waals surface area (Å²) in [6.45, 7) is 0.649. The van der Waals surface area contributed by atoms with Crippen molar-refractivity contribution in [1.29, 1.82) is 0 Å². The number of hydrogen-bond donors (Lipinski definition) is 3. The van der Waals surface area contributed by atoms with Crippen LogP contribution in [0.4, 0.5) is 16.2 Å². The number of nitrogen functional groups attached to an aromatic ring is 2. The largest absolute Gasteiger partial charge is 0.493 e. The minimum Gasteiger partial charge on any atom is -0.493 e. The summed E-state index contributed by atoms with van der Waals surface area (Å²) in [4.78, 5) is 10.2. The Morgan fingerprint density at radius 1 is 1.19 bits per heavy atom. The fourth-order valence-corrected chi connectivity index (χ4v) is 1.06. The highest BCUT2D eigenvalue weighted by atomic mass is 16.5. The van der Waals surface area contributed by atoms with Crippen LogP contribution >= 0.6 is 0 Å². The van der Waals surface area contributed by atoms with E-state index in [0.717, 1.165) is 0 Å². The van der Waals surface area contributed by atoms with E-state index in [2.05, 4.69) is 4.74 Å². The Kier molecular flexibility index (Phi) is 4.26. The predicted octanol–water partition coefficient (Wildman–Crippen LogP) is 0.715. The molecule has 0 spiro atoms. The van der Waals surface area contributed by atoms with Crippen LogP contribution in [0.3, 0.4) is 0 Å². The Bertz CT molecular complexity index is 368. The molecule has 0 fully saturated rings. The standard InChI is InChI=1S/C10H15N3O3/c11-8-3-2-7(6-9(8)12)15-4-1-5-16-10(13)14/h2-3,6H,1,4-5,11-12H2,(H2,13,14). The molecule has 0 aliphatic carbocycles. The Balaban J connectivity index is 2.27. The van der Waals surface area contributed by atoms with Gasteiger partial charge < -0.3 is 26.7 Å². The molecule has 0 atom stereocenters. The molecule has 1 aromatic rings. The Labute approximate surface area is 93.3 Å². The van der Waals surface area contributed by atoms with Crippen molar-refractivity contribution in [2.75, 3.05) is 24.7 Å². The highest BCUT2D eigenvalue weighted by Crippen LogP contribution is 2.21. The van der Waals surface area contributed by atoms with Crippen molar-refractivity contribution in [3.63, 3.8) is 0 Å². The van der Waals surface area contributed by atoms with Gasteiger partial charge in [-0.2, -0.15) is 0 Å². The van der Waals surface area contributed by atoms with E-state index in [4.69, 9.17) is 21.9 Å². The van der Waals surface area contributed by atoms with Gasteiger partial charge in [0.15, 0.2) is 0 Å². The van der Waals surface area contributed by atoms with Gasteiger partial charge in [-0.3, -0.25) is 0 Å². The number of anilines is 2. The first-order valence-corrected chi connectivity index (χ1v) is 4.79. The molecule has 0 radical (unpaired) electrons. The summed E-state index contributed by atoms with van der Waals surface area (Å²) in [5.41, 5.74) is 16.9. The first-order valence-electron chi connectivity index (χ1n) is 4.79. The lowest BCUT2D eigenvalue weighted by molar-refractivity contribution is 0.147. The minimum absolute atomic E-state index is 0.236. The van der Waals surface area contributed by atoms with Crippen molar-refractivity contribution in [3.05, 3.63) is 18.2 Å². The smallest absolute Gasteiger partial charge is 0.404 e. The molecular formula is C10H15N3O3. The second-order valence-corrected chi connectivity index (χ2v) is 3.16. The predicted molar refractivity (Wildman–Crippen MR) is 60.9 cm³/mol. The van der Waals surface area contributed by atoms with Gasteiger partial charge >= 0.3 is 6.09 Å². The van der Waals surface area contributed by atoms with Gasteiger partial charge in [-0.15, -0.1) is 0 Å². The second kappa shape index (κ2) is 5.69. The van der Waals surface area contributed by atoms with E-state index in [0.29, 0.717) is 30.2 Å². The zero-order valence-corrected chi connectivity index (χ0v) is 8.81. The minimum atomic E-state index is -0.781. The number of primary amides is 1. The van der Waals surface area contributed by atoms with E-state index in [1.54, 1.807) is 18.2 Å². The summed E-state index contributed by atoms with van der Waals surface area (Å²) in [6, 6.07) is 5.04. The summed E-state index contributed by atoms with van der Waals surface area (Å²) in [5.74, 6) is 0.630. The molecule has 6 heteroatoms. The third-order valence-corrected chi connectivity index (χ3v) is 1.86. The van der Waals surface area contributed by atoms with Crippen LogP contribution in [0.1, 0.15) is 6.42 Å². The maximum atomic E-state index is 10.2. The van der Waals surface area contributed by atoms with Crippen molar-refractivity contribution in [3.8, 4) is 5.75 Å². The van der Waals surface area contributed by atoms with Crippen LogP contribution in [0.2, 0.25) is 0 Å². The first kappa shape index (κ1) is 12.0. The topological polar surface area (TPSA) is 114 Å². The molecule has 0 unspecified atom stereocenters. The third kappa shape index (κ3) is 3.95. The number of carbonyl (C=O) groups is 1. The molecule has 1 aromatic carbocycles. The maximum absolute atomic E-state index is 10.2. The summed E-state index contributed by atoms with van der Waals surface area (Å²) in [7, 11) is 0. The van der Waals surface area contributed by atoms with Crippen LogP contribution in [0.5, 0.6) is 5.75 Å². The summed E-state index contributed by atoms with van der Waals surface area (Å²) < 4.78 is 9.89. The molecule has 0 aliphatic rings. The molecule has 0 heterocycles. The average Bonchev–Trinajstić information content (AvgIpc) is 2.22. The van der Waals surface area contributed by atoms with E-state index in [9.17, 15) is 4.79 Å². The molecule has 0 bridgehead atoms. The van der Waals surface area contributed by atoms with Gasteiger partial charge in [0, 0.05) is 12.5 Å². The van der Waals surface area contributed by atoms with E-state index in [1.807, 2.05) is 0 Å². The van der Waals surface area contributed by atoms with E-state index in [1.165, 1.54) is 0 Å². The molecule has 0 saturated heterocycles. The monoisotopic (exact) mass is 225 g/mol. The van der Waals surface area contributed by atoms with Gasteiger partial charge in [0.25, 0.3) is 0 Å². The fraction of sp³-hybridized carbons (Fsp3) is 0.300. The second-order valence-electron chi connectivity index (χ2n) is 3.16. The lowest BCUT2D eigenvalue weighted by Crippen LogP contribution is -2.15. The van der Waals surface area contributed by atoms with Crippen molar-refractivity contribution in [2.24, 2.45) is 5.73 Å². The highest BCUT2D eigenvalue weighted by Gasteiger charge is 1.99. The fourth-order valence-electron chi connectivity index (χ4n) is 1.06. The zero-order chi connectivity index (χ0) is 12.0. The molecule has 0 aliphatic heterocycles. The van der Waals surface area contributed by atoms with Crippen LogP contribution < -0.4 is 21.9 Å². The number of amides is 1. The van der Waals surface area contributed by atoms with Crippen LogP contribution in [-0.4, -0.2) is 19.3 Å². The normalized spacial score (nSPS) is 9.75. The van der Waals surface area contributed by atoms with Crippen LogP contribution in [0, 0.1) is 0 Å². The Morgan fingerprint density at radius 3 is 2.56 bits per heavy atom. The van der Waals surface area contributed by atoms with E-state index >= 15 is 0 Å². The molecule has 88 valence electrons. The van der Waals surface area contributed by atoms with Crippen LogP contribution in [0.25, 0.3) is 0 Å². The summed E-state index contributed by atoms with van der Waals surface area (Å²) in [5, 5.41) is 0. The van der Waals surface area contributed by atoms with Crippen molar-refractivity contribution >= 4 is 17.5 Å². The van der Waals surface area contributed by atoms with Crippen LogP contribution in [0.15, 0.2) is 18.2 Å². The van der Waals surface area contributed by atoms with E-state index in [-0.39, 0.29) is 6.61 Å². The number of ether oxygens (including phenoxy) is 2. The van der Waals surface area contributed by atoms with Gasteiger partial charge in [0.2, 0.25) is 0 Å². The van der Waals surface area contributed by atoms with Gasteiger partial charge in [0.1, 0.15) is 5.75 Å².